The molecule has 3 rings (SSSR count). The molecule has 1 aliphatic rings. The zero-order chi connectivity index (χ0) is 18.4. The van der Waals surface area contributed by atoms with Gasteiger partial charge in [-0.1, -0.05) is 41.9 Å². The van der Waals surface area contributed by atoms with Crippen LogP contribution in [0.4, 0.5) is 0 Å². The molecule has 0 saturated carbocycles. The predicted octanol–water partition coefficient (Wildman–Crippen LogP) is 2.43. The molecule has 2 N–H and O–H groups in total. The number of fused-ring (bicyclic) bond motifs is 1. The Hall–Kier alpha value is -2.73. The molecule has 2 amide bonds. The maximum absolute atomic E-state index is 12.0. The van der Waals surface area contributed by atoms with Crippen LogP contribution in [0.1, 0.15) is 17.5 Å². The van der Waals surface area contributed by atoms with Crippen molar-refractivity contribution in [3.05, 3.63) is 58.6 Å². The summed E-state index contributed by atoms with van der Waals surface area (Å²) in [4.78, 5) is 23.8. The van der Waals surface area contributed by atoms with Crippen molar-refractivity contribution in [2.45, 2.75) is 19.5 Å². The third-order valence-electron chi connectivity index (χ3n) is 3.82. The standard InChI is InChI=1S/C19H19ClN2O4/c20-15-9-14(10-16-17(15)26-8-4-7-25-16)12-22-19(24)18(23)21-11-13-5-2-1-3-6-13/h1-3,5-6,9-10H,4,7-8,11-12H2,(H,21,23)(H,22,24). The van der Waals surface area contributed by atoms with Crippen molar-refractivity contribution in [3.63, 3.8) is 0 Å². The third kappa shape index (κ3) is 4.67. The normalized spacial score (nSPS) is 12.8. The number of carbonyl (C=O) groups is 2. The first-order valence-corrected chi connectivity index (χ1v) is 8.69. The molecule has 0 saturated heterocycles. The summed E-state index contributed by atoms with van der Waals surface area (Å²) in [6.45, 7) is 1.54. The molecule has 0 aromatic heterocycles. The zero-order valence-electron chi connectivity index (χ0n) is 14.1. The van der Waals surface area contributed by atoms with Crippen LogP contribution in [0, 0.1) is 0 Å². The van der Waals surface area contributed by atoms with Crippen molar-refractivity contribution in [2.24, 2.45) is 0 Å². The van der Waals surface area contributed by atoms with E-state index < -0.39 is 11.8 Å². The van der Waals surface area contributed by atoms with E-state index in [1.807, 2.05) is 30.3 Å². The quantitative estimate of drug-likeness (QED) is 0.806. The lowest BCUT2D eigenvalue weighted by Crippen LogP contribution is -2.39. The Morgan fingerprint density at radius 1 is 0.923 bits per heavy atom. The van der Waals surface area contributed by atoms with Crippen molar-refractivity contribution in [1.29, 1.82) is 0 Å². The maximum atomic E-state index is 12.0. The fourth-order valence-corrected chi connectivity index (χ4v) is 2.80. The molecule has 26 heavy (non-hydrogen) atoms. The first-order chi connectivity index (χ1) is 12.6. The van der Waals surface area contributed by atoms with Gasteiger partial charge >= 0.3 is 11.8 Å². The Morgan fingerprint density at radius 2 is 1.58 bits per heavy atom. The first kappa shape index (κ1) is 18.1. The van der Waals surface area contributed by atoms with E-state index >= 15 is 0 Å². The number of halogens is 1. The second-order valence-corrected chi connectivity index (χ2v) is 6.21. The highest BCUT2D eigenvalue weighted by atomic mass is 35.5. The number of carbonyl (C=O) groups excluding carboxylic acids is 2. The van der Waals surface area contributed by atoms with E-state index in [1.54, 1.807) is 12.1 Å². The molecule has 0 fully saturated rings. The Balaban J connectivity index is 1.55. The number of hydrogen-bond acceptors (Lipinski definition) is 4. The van der Waals surface area contributed by atoms with Crippen LogP contribution in [0.15, 0.2) is 42.5 Å². The second kappa shape index (κ2) is 8.58. The zero-order valence-corrected chi connectivity index (χ0v) is 14.8. The van der Waals surface area contributed by atoms with Crippen LogP contribution >= 0.6 is 11.6 Å². The lowest BCUT2D eigenvalue weighted by molar-refractivity contribution is -0.139. The summed E-state index contributed by atoms with van der Waals surface area (Å²) in [6, 6.07) is 12.8. The number of hydrogen-bond donors (Lipinski definition) is 2. The van der Waals surface area contributed by atoms with Crippen LogP contribution in [-0.2, 0) is 22.7 Å². The minimum Gasteiger partial charge on any atom is -0.489 e. The van der Waals surface area contributed by atoms with Gasteiger partial charge in [-0.3, -0.25) is 9.59 Å². The highest BCUT2D eigenvalue weighted by Crippen LogP contribution is 2.37. The van der Waals surface area contributed by atoms with Crippen LogP contribution in [0.5, 0.6) is 11.5 Å². The van der Waals surface area contributed by atoms with Gasteiger partial charge in [0.1, 0.15) is 0 Å². The van der Waals surface area contributed by atoms with Gasteiger partial charge in [0.25, 0.3) is 0 Å². The van der Waals surface area contributed by atoms with Crippen molar-refractivity contribution < 1.29 is 19.1 Å². The van der Waals surface area contributed by atoms with E-state index in [4.69, 9.17) is 21.1 Å². The molecule has 2 aromatic carbocycles. The Kier molecular flexibility index (Phi) is 5.96. The molecule has 0 spiro atoms. The lowest BCUT2D eigenvalue weighted by Gasteiger charge is -2.12. The number of ether oxygens (including phenoxy) is 2. The molecule has 0 bridgehead atoms. The summed E-state index contributed by atoms with van der Waals surface area (Å²) in [5.41, 5.74) is 1.65. The SMILES string of the molecule is O=C(NCc1ccccc1)C(=O)NCc1cc(Cl)c2c(c1)OCCCO2. The number of amides is 2. The highest BCUT2D eigenvalue weighted by Gasteiger charge is 2.17. The van der Waals surface area contributed by atoms with E-state index in [1.165, 1.54) is 0 Å². The van der Waals surface area contributed by atoms with Crippen LogP contribution in [-0.4, -0.2) is 25.0 Å². The van der Waals surface area contributed by atoms with Gasteiger partial charge in [-0.15, -0.1) is 0 Å². The minimum absolute atomic E-state index is 0.161. The smallest absolute Gasteiger partial charge is 0.309 e. The summed E-state index contributed by atoms with van der Waals surface area (Å²) in [5, 5.41) is 5.58. The van der Waals surface area contributed by atoms with Crippen LogP contribution in [0.25, 0.3) is 0 Å². The molecular weight excluding hydrogens is 356 g/mol. The van der Waals surface area contributed by atoms with Gasteiger partial charge in [0.15, 0.2) is 11.5 Å². The van der Waals surface area contributed by atoms with E-state index in [9.17, 15) is 9.59 Å². The molecule has 1 aliphatic heterocycles. The largest absolute Gasteiger partial charge is 0.489 e. The van der Waals surface area contributed by atoms with Gasteiger partial charge in [-0.25, -0.2) is 0 Å². The third-order valence-corrected chi connectivity index (χ3v) is 4.10. The van der Waals surface area contributed by atoms with Gasteiger partial charge in [0.2, 0.25) is 0 Å². The van der Waals surface area contributed by atoms with Gasteiger partial charge in [0.05, 0.1) is 18.2 Å². The van der Waals surface area contributed by atoms with Gasteiger partial charge < -0.3 is 20.1 Å². The number of benzene rings is 2. The topological polar surface area (TPSA) is 76.7 Å². The van der Waals surface area contributed by atoms with Crippen LogP contribution < -0.4 is 20.1 Å². The Bertz CT molecular complexity index is 796. The highest BCUT2D eigenvalue weighted by molar-refractivity contribution is 6.35. The van der Waals surface area contributed by atoms with Gasteiger partial charge in [-0.2, -0.15) is 0 Å². The molecule has 0 aliphatic carbocycles. The average Bonchev–Trinajstić information content (AvgIpc) is 2.91. The lowest BCUT2D eigenvalue weighted by atomic mass is 10.2. The summed E-state index contributed by atoms with van der Waals surface area (Å²) in [5.74, 6) is -0.328. The summed E-state index contributed by atoms with van der Waals surface area (Å²) in [6.07, 6.45) is 0.776. The fourth-order valence-electron chi connectivity index (χ4n) is 2.51. The predicted molar refractivity (Wildman–Crippen MR) is 97.2 cm³/mol. The molecule has 7 heteroatoms. The first-order valence-electron chi connectivity index (χ1n) is 8.31. The van der Waals surface area contributed by atoms with E-state index in [0.717, 1.165) is 17.5 Å². The molecule has 0 radical (unpaired) electrons. The molecule has 136 valence electrons. The number of rotatable bonds is 4. The molecule has 2 aromatic rings. The maximum Gasteiger partial charge on any atom is 0.309 e. The van der Waals surface area contributed by atoms with Crippen LogP contribution in [0.2, 0.25) is 5.02 Å². The summed E-state index contributed by atoms with van der Waals surface area (Å²) < 4.78 is 11.2. The van der Waals surface area contributed by atoms with E-state index in [2.05, 4.69) is 10.6 Å². The Morgan fingerprint density at radius 3 is 2.31 bits per heavy atom. The van der Waals surface area contributed by atoms with Gasteiger partial charge in [-0.05, 0) is 23.3 Å². The molecule has 0 unspecified atom stereocenters. The molecule has 1 heterocycles. The fraction of sp³-hybridized carbons (Fsp3) is 0.263. The summed E-state index contributed by atoms with van der Waals surface area (Å²) >= 11 is 6.22. The average molecular weight is 375 g/mol. The number of nitrogens with one attached hydrogen (secondary N) is 2. The van der Waals surface area contributed by atoms with E-state index in [-0.39, 0.29) is 6.54 Å². The molecule has 0 atom stereocenters. The molecular formula is C19H19ClN2O4. The van der Waals surface area contributed by atoms with Crippen molar-refractivity contribution >= 4 is 23.4 Å². The monoisotopic (exact) mass is 374 g/mol. The van der Waals surface area contributed by atoms with E-state index in [0.29, 0.717) is 36.3 Å². The van der Waals surface area contributed by atoms with Crippen LogP contribution in [0.3, 0.4) is 0 Å². The molecule has 6 nitrogen and oxygen atoms in total. The van der Waals surface area contributed by atoms with Crippen molar-refractivity contribution in [3.8, 4) is 11.5 Å². The Labute approximate surface area is 156 Å². The second-order valence-electron chi connectivity index (χ2n) is 5.81. The minimum atomic E-state index is -0.704. The van der Waals surface area contributed by atoms with Gasteiger partial charge in [0, 0.05) is 19.5 Å². The summed E-state index contributed by atoms with van der Waals surface area (Å²) in [7, 11) is 0. The van der Waals surface area contributed by atoms with Crippen molar-refractivity contribution in [1.82, 2.24) is 10.6 Å². The van der Waals surface area contributed by atoms with Crippen molar-refractivity contribution in [2.75, 3.05) is 13.2 Å².